The Balaban J connectivity index is 2.82. The van der Waals surface area contributed by atoms with E-state index < -0.39 is 11.2 Å². The minimum Gasteiger partial charge on any atom is -0.346 e. The van der Waals surface area contributed by atoms with Gasteiger partial charge in [-0.15, -0.1) is 10.2 Å². The van der Waals surface area contributed by atoms with E-state index in [1.54, 1.807) is 4.90 Å². The molecule has 1 heterocycles. The van der Waals surface area contributed by atoms with Crippen LogP contribution in [0.15, 0.2) is 0 Å². The molecule has 1 aromatic rings. The van der Waals surface area contributed by atoms with Crippen LogP contribution < -0.4 is 10.6 Å². The molecule has 0 aliphatic carbocycles. The average Bonchev–Trinajstić information content (AvgIpc) is 2.62. The smallest absolute Gasteiger partial charge is 0.346 e. The maximum absolute atomic E-state index is 12.2. The molecule has 0 unspecified atom stereocenters. The Bertz CT molecular complexity index is 311. The van der Waals surface area contributed by atoms with Crippen LogP contribution in [-0.2, 0) is 6.18 Å². The third-order valence-corrected chi connectivity index (χ3v) is 2.74. The molecule has 1 aromatic heterocycles. The summed E-state index contributed by atoms with van der Waals surface area (Å²) in [4.78, 5) is 1.66. The number of alkyl halides is 3. The van der Waals surface area contributed by atoms with Crippen LogP contribution in [0.2, 0.25) is 0 Å². The minimum absolute atomic E-state index is 0.260. The number of nitrogens with two attached hydrogens (primary N) is 1. The molecular weight excluding hydrogens is 229 g/mol. The Labute approximate surface area is 88.9 Å². The second-order valence-electron chi connectivity index (χ2n) is 2.76. The highest BCUT2D eigenvalue weighted by atomic mass is 32.1. The third-order valence-electron chi connectivity index (χ3n) is 1.71. The van der Waals surface area contributed by atoms with E-state index in [1.807, 2.05) is 6.92 Å². The molecule has 0 radical (unpaired) electrons. The van der Waals surface area contributed by atoms with Crippen molar-refractivity contribution < 1.29 is 13.2 Å². The molecule has 0 saturated carbocycles. The minimum atomic E-state index is -4.42. The molecule has 0 bridgehead atoms. The van der Waals surface area contributed by atoms with Gasteiger partial charge in [0, 0.05) is 19.6 Å². The fourth-order valence-electron chi connectivity index (χ4n) is 1.00. The predicted octanol–water partition coefficient (Wildman–Crippen LogP) is 1.34. The molecule has 2 N–H and O–H groups in total. The summed E-state index contributed by atoms with van der Waals surface area (Å²) in [5.74, 6) is 0. The van der Waals surface area contributed by atoms with Crippen LogP contribution in [0.5, 0.6) is 0 Å². The second-order valence-corrected chi connectivity index (χ2v) is 3.71. The first-order valence-corrected chi connectivity index (χ1v) is 5.16. The highest BCUT2D eigenvalue weighted by Crippen LogP contribution is 2.34. The average molecular weight is 240 g/mol. The van der Waals surface area contributed by atoms with Crippen LogP contribution in [0, 0.1) is 0 Å². The monoisotopic (exact) mass is 240 g/mol. The van der Waals surface area contributed by atoms with Crippen LogP contribution in [-0.4, -0.2) is 29.8 Å². The van der Waals surface area contributed by atoms with Gasteiger partial charge >= 0.3 is 6.18 Å². The Morgan fingerprint density at radius 1 is 1.40 bits per heavy atom. The number of hydrogen-bond donors (Lipinski definition) is 1. The van der Waals surface area contributed by atoms with Crippen molar-refractivity contribution in [2.75, 3.05) is 24.5 Å². The Hall–Kier alpha value is -0.890. The molecule has 0 fully saturated rings. The summed E-state index contributed by atoms with van der Waals surface area (Å²) in [5, 5.41) is 5.93. The second kappa shape index (κ2) is 4.75. The van der Waals surface area contributed by atoms with Gasteiger partial charge in [0.2, 0.25) is 10.1 Å². The first-order valence-electron chi connectivity index (χ1n) is 4.34. The van der Waals surface area contributed by atoms with Crippen LogP contribution in [0.25, 0.3) is 0 Å². The van der Waals surface area contributed by atoms with E-state index in [0.29, 0.717) is 31.0 Å². The zero-order valence-electron chi connectivity index (χ0n) is 8.08. The Morgan fingerprint density at radius 2 is 2.07 bits per heavy atom. The van der Waals surface area contributed by atoms with Crippen molar-refractivity contribution in [1.82, 2.24) is 10.2 Å². The van der Waals surface area contributed by atoms with E-state index in [1.165, 1.54) is 0 Å². The van der Waals surface area contributed by atoms with Crippen molar-refractivity contribution >= 4 is 16.5 Å². The van der Waals surface area contributed by atoms with Crippen molar-refractivity contribution in [2.24, 2.45) is 5.73 Å². The normalized spacial score (nSPS) is 11.8. The van der Waals surface area contributed by atoms with Gasteiger partial charge < -0.3 is 10.6 Å². The number of halogens is 3. The summed E-state index contributed by atoms with van der Waals surface area (Å²) in [5.41, 5.74) is 5.33. The first kappa shape index (κ1) is 12.2. The van der Waals surface area contributed by atoms with Crippen LogP contribution in [0.1, 0.15) is 11.9 Å². The number of aromatic nitrogens is 2. The molecule has 0 aromatic carbocycles. The quantitative estimate of drug-likeness (QED) is 0.863. The molecule has 0 spiro atoms. The predicted molar refractivity (Wildman–Crippen MR) is 51.9 cm³/mol. The van der Waals surface area contributed by atoms with Gasteiger partial charge in [-0.05, 0) is 6.92 Å². The summed E-state index contributed by atoms with van der Waals surface area (Å²) < 4.78 is 36.7. The van der Waals surface area contributed by atoms with Gasteiger partial charge in [0.1, 0.15) is 0 Å². The lowest BCUT2D eigenvalue weighted by Gasteiger charge is -2.17. The molecule has 0 amide bonds. The zero-order chi connectivity index (χ0) is 11.5. The van der Waals surface area contributed by atoms with Crippen LogP contribution in [0.4, 0.5) is 18.3 Å². The molecule has 4 nitrogen and oxygen atoms in total. The molecule has 15 heavy (non-hydrogen) atoms. The van der Waals surface area contributed by atoms with E-state index in [4.69, 9.17) is 5.73 Å². The highest BCUT2D eigenvalue weighted by Gasteiger charge is 2.36. The summed E-state index contributed by atoms with van der Waals surface area (Å²) in [7, 11) is 0. The van der Waals surface area contributed by atoms with E-state index in [-0.39, 0.29) is 5.13 Å². The van der Waals surface area contributed by atoms with Crippen LogP contribution >= 0.6 is 11.3 Å². The van der Waals surface area contributed by atoms with E-state index in [2.05, 4.69) is 10.2 Å². The molecule has 0 aliphatic rings. The number of likely N-dealkylation sites (N-methyl/N-ethyl adjacent to an activating group) is 1. The standard InChI is InChI=1S/C7H11F3N4S/c1-2-14(4-3-11)6-13-12-5(15-6)7(8,9)10/h2-4,11H2,1H3. The number of hydrogen-bond acceptors (Lipinski definition) is 5. The SMILES string of the molecule is CCN(CCN)c1nnc(C(F)(F)F)s1. The molecular formula is C7H11F3N4S. The van der Waals surface area contributed by atoms with Gasteiger partial charge in [-0.1, -0.05) is 11.3 Å². The van der Waals surface area contributed by atoms with Gasteiger partial charge in [0.15, 0.2) is 0 Å². The van der Waals surface area contributed by atoms with Crippen molar-refractivity contribution in [1.29, 1.82) is 0 Å². The Kier molecular flexibility index (Phi) is 3.86. The van der Waals surface area contributed by atoms with Gasteiger partial charge in [-0.25, -0.2) is 0 Å². The molecule has 86 valence electrons. The zero-order valence-corrected chi connectivity index (χ0v) is 8.90. The maximum atomic E-state index is 12.2. The number of nitrogens with zero attached hydrogens (tertiary/aromatic N) is 3. The first-order chi connectivity index (χ1) is 6.99. The van der Waals surface area contributed by atoms with Crippen molar-refractivity contribution in [3.8, 4) is 0 Å². The number of anilines is 1. The fraction of sp³-hybridized carbons (Fsp3) is 0.714. The summed E-state index contributed by atoms with van der Waals surface area (Å²) in [6.45, 7) is 3.23. The van der Waals surface area contributed by atoms with Gasteiger partial charge in [-0.2, -0.15) is 13.2 Å². The van der Waals surface area contributed by atoms with Crippen molar-refractivity contribution in [2.45, 2.75) is 13.1 Å². The van der Waals surface area contributed by atoms with Gasteiger partial charge in [-0.3, -0.25) is 0 Å². The molecule has 1 rings (SSSR count). The summed E-state index contributed by atoms with van der Waals surface area (Å²) >= 11 is 0.536. The lowest BCUT2D eigenvalue weighted by Crippen LogP contribution is -2.28. The van der Waals surface area contributed by atoms with E-state index in [9.17, 15) is 13.2 Å². The van der Waals surface area contributed by atoms with Crippen molar-refractivity contribution in [3.63, 3.8) is 0 Å². The van der Waals surface area contributed by atoms with Gasteiger partial charge in [0.25, 0.3) is 0 Å². The lowest BCUT2D eigenvalue weighted by molar-refractivity contribution is -0.138. The molecule has 0 atom stereocenters. The van der Waals surface area contributed by atoms with Crippen LogP contribution in [0.3, 0.4) is 0 Å². The topological polar surface area (TPSA) is 55.0 Å². The van der Waals surface area contributed by atoms with E-state index in [0.717, 1.165) is 0 Å². The lowest BCUT2D eigenvalue weighted by atomic mass is 10.5. The van der Waals surface area contributed by atoms with Gasteiger partial charge in [0.05, 0.1) is 0 Å². The van der Waals surface area contributed by atoms with E-state index >= 15 is 0 Å². The van der Waals surface area contributed by atoms with Crippen molar-refractivity contribution in [3.05, 3.63) is 5.01 Å². The third kappa shape index (κ3) is 3.03. The fourth-order valence-corrected chi connectivity index (χ4v) is 1.80. The molecule has 0 aliphatic heterocycles. The summed E-state index contributed by atoms with van der Waals surface area (Å²) in [6.07, 6.45) is -4.42. The summed E-state index contributed by atoms with van der Waals surface area (Å²) in [6, 6.07) is 0. The maximum Gasteiger partial charge on any atom is 0.445 e. The number of rotatable bonds is 4. The molecule has 8 heteroatoms. The highest BCUT2D eigenvalue weighted by molar-refractivity contribution is 7.15. The Morgan fingerprint density at radius 3 is 2.47 bits per heavy atom. The largest absolute Gasteiger partial charge is 0.445 e. The molecule has 0 saturated heterocycles.